The molecule has 1 aromatic rings. The Morgan fingerprint density at radius 3 is 2.93 bits per heavy atom. The molecule has 27 heavy (non-hydrogen) atoms. The van der Waals surface area contributed by atoms with Gasteiger partial charge in [-0.3, -0.25) is 0 Å². The van der Waals surface area contributed by atoms with Crippen molar-refractivity contribution in [2.24, 2.45) is 16.7 Å². The van der Waals surface area contributed by atoms with Crippen LogP contribution in [0.25, 0.3) is 0 Å². The average molecular weight is 374 g/mol. The highest BCUT2D eigenvalue weighted by atomic mass is 16.6. The van der Waals surface area contributed by atoms with Gasteiger partial charge in [0.15, 0.2) is 6.29 Å². The third-order valence-electron chi connectivity index (χ3n) is 7.09. The molecule has 2 aliphatic carbocycles. The second kappa shape index (κ2) is 5.54. The van der Waals surface area contributed by atoms with E-state index >= 15 is 0 Å². The van der Waals surface area contributed by atoms with Crippen LogP contribution in [0.1, 0.15) is 30.9 Å². The van der Waals surface area contributed by atoms with E-state index in [9.17, 15) is 20.1 Å². The number of hydrogen-bond acceptors (Lipinski definition) is 7. The first-order valence-electron chi connectivity index (χ1n) is 9.19. The number of carbonyl (C=O) groups is 1. The highest BCUT2D eigenvalue weighted by Crippen LogP contribution is 2.68. The fourth-order valence-corrected chi connectivity index (χ4v) is 5.84. The molecule has 1 aromatic heterocycles. The Morgan fingerprint density at radius 2 is 2.19 bits per heavy atom. The van der Waals surface area contributed by atoms with E-state index < -0.39 is 41.4 Å². The van der Waals surface area contributed by atoms with Crippen molar-refractivity contribution < 1.29 is 34.0 Å². The van der Waals surface area contributed by atoms with Gasteiger partial charge >= 0.3 is 5.97 Å². The molecule has 1 spiro atoms. The maximum Gasteiger partial charge on any atom is 0.334 e. The Morgan fingerprint density at radius 1 is 1.37 bits per heavy atom. The molecule has 2 aliphatic heterocycles. The topological polar surface area (TPSA) is 109 Å². The lowest BCUT2D eigenvalue weighted by atomic mass is 9.45. The van der Waals surface area contributed by atoms with Gasteiger partial charge in [-0.25, -0.2) is 4.79 Å². The Kier molecular flexibility index (Phi) is 3.53. The van der Waals surface area contributed by atoms with Crippen LogP contribution in [0.3, 0.4) is 0 Å². The molecule has 3 N–H and O–H groups in total. The van der Waals surface area contributed by atoms with Crippen LogP contribution in [-0.2, 0) is 14.3 Å². The summed E-state index contributed by atoms with van der Waals surface area (Å²) in [6.45, 7) is 4.32. The van der Waals surface area contributed by atoms with Crippen molar-refractivity contribution in [1.82, 2.24) is 0 Å². The van der Waals surface area contributed by atoms with Crippen LogP contribution in [-0.4, -0.2) is 46.4 Å². The summed E-state index contributed by atoms with van der Waals surface area (Å²) in [5.41, 5.74) is -0.0342. The number of aliphatic hydroxyl groups is 3. The lowest BCUT2D eigenvalue weighted by Crippen LogP contribution is -2.66. The van der Waals surface area contributed by atoms with Crippen molar-refractivity contribution in [3.05, 3.63) is 48.0 Å². The first-order valence-corrected chi connectivity index (χ1v) is 9.19. The molecule has 0 radical (unpaired) electrons. The van der Waals surface area contributed by atoms with Crippen LogP contribution in [0.2, 0.25) is 0 Å². The average Bonchev–Trinajstić information content (AvgIpc) is 3.24. The molecule has 2 saturated heterocycles. The summed E-state index contributed by atoms with van der Waals surface area (Å²) < 4.78 is 16.5. The van der Waals surface area contributed by atoms with Gasteiger partial charge in [-0.1, -0.05) is 12.2 Å². The number of aliphatic hydroxyl groups excluding tert-OH is 3. The first-order chi connectivity index (χ1) is 12.9. The predicted octanol–water partition coefficient (Wildman–Crippen LogP) is 1.22. The molecule has 7 heteroatoms. The highest BCUT2D eigenvalue weighted by Gasteiger charge is 2.72. The molecular formula is C20H22O7. The molecule has 144 valence electrons. The maximum absolute atomic E-state index is 12.5. The van der Waals surface area contributed by atoms with Crippen molar-refractivity contribution in [2.75, 3.05) is 6.61 Å². The quantitative estimate of drug-likeness (QED) is 0.539. The van der Waals surface area contributed by atoms with Crippen molar-refractivity contribution in [3.8, 4) is 0 Å². The lowest BCUT2D eigenvalue weighted by molar-refractivity contribution is -0.284. The van der Waals surface area contributed by atoms with Gasteiger partial charge in [-0.15, -0.1) is 0 Å². The molecular weight excluding hydrogens is 352 g/mol. The number of rotatable bonds is 3. The van der Waals surface area contributed by atoms with E-state index in [4.69, 9.17) is 13.9 Å². The summed E-state index contributed by atoms with van der Waals surface area (Å²) >= 11 is 0. The summed E-state index contributed by atoms with van der Waals surface area (Å²) in [5, 5.41) is 32.2. The Hall–Kier alpha value is -1.93. The van der Waals surface area contributed by atoms with Crippen LogP contribution in [0.4, 0.5) is 0 Å². The van der Waals surface area contributed by atoms with Crippen LogP contribution < -0.4 is 0 Å². The van der Waals surface area contributed by atoms with E-state index in [0.29, 0.717) is 29.6 Å². The minimum atomic E-state index is -1.19. The van der Waals surface area contributed by atoms with E-state index in [1.54, 1.807) is 12.1 Å². The minimum absolute atomic E-state index is 0.143. The van der Waals surface area contributed by atoms with Gasteiger partial charge in [0.05, 0.1) is 36.8 Å². The molecule has 1 saturated carbocycles. The Labute approximate surface area is 155 Å². The van der Waals surface area contributed by atoms with Crippen molar-refractivity contribution in [1.29, 1.82) is 0 Å². The van der Waals surface area contributed by atoms with Gasteiger partial charge in [-0.2, -0.15) is 0 Å². The second-order valence-corrected chi connectivity index (χ2v) is 8.16. The summed E-state index contributed by atoms with van der Waals surface area (Å²) in [6, 6.07) is 1.67. The van der Waals surface area contributed by atoms with Gasteiger partial charge in [0.2, 0.25) is 0 Å². The van der Waals surface area contributed by atoms with Gasteiger partial charge < -0.3 is 29.2 Å². The molecule has 4 aliphatic rings. The van der Waals surface area contributed by atoms with Gasteiger partial charge in [0.25, 0.3) is 0 Å². The number of carbonyl (C=O) groups excluding carboxylic acids is 1. The van der Waals surface area contributed by atoms with E-state index in [1.807, 2.05) is 0 Å². The largest absolute Gasteiger partial charge is 0.472 e. The second-order valence-electron chi connectivity index (χ2n) is 8.16. The van der Waals surface area contributed by atoms with Crippen molar-refractivity contribution >= 4 is 5.97 Å². The molecule has 7 atom stereocenters. The molecule has 7 nitrogen and oxygen atoms in total. The zero-order valence-corrected chi connectivity index (χ0v) is 14.7. The molecule has 0 aromatic carbocycles. The zero-order chi connectivity index (χ0) is 19.0. The fraction of sp³-hybridized carbons (Fsp3) is 0.550. The first kappa shape index (κ1) is 17.2. The van der Waals surface area contributed by atoms with Gasteiger partial charge in [-0.05, 0) is 30.9 Å². The smallest absolute Gasteiger partial charge is 0.334 e. The Balaban J connectivity index is 1.64. The van der Waals surface area contributed by atoms with Crippen LogP contribution in [0.5, 0.6) is 0 Å². The third kappa shape index (κ3) is 2.03. The summed E-state index contributed by atoms with van der Waals surface area (Å²) in [6.07, 6.45) is 2.05. The highest BCUT2D eigenvalue weighted by molar-refractivity contribution is 5.93. The number of hydrogen-bond donors (Lipinski definition) is 3. The number of esters is 1. The third-order valence-corrected chi connectivity index (χ3v) is 7.09. The van der Waals surface area contributed by atoms with Gasteiger partial charge in [0.1, 0.15) is 6.10 Å². The summed E-state index contributed by atoms with van der Waals surface area (Å²) in [5.74, 6) is -0.772. The van der Waals surface area contributed by atoms with E-state index in [1.165, 1.54) is 12.5 Å². The van der Waals surface area contributed by atoms with Crippen LogP contribution >= 0.6 is 0 Å². The minimum Gasteiger partial charge on any atom is -0.472 e. The molecule has 3 fully saturated rings. The van der Waals surface area contributed by atoms with Crippen molar-refractivity contribution in [2.45, 2.75) is 43.9 Å². The lowest BCUT2D eigenvalue weighted by Gasteiger charge is -2.62. The standard InChI is InChI=1S/C20H22O7/c1-10-4-16-20-9-26-18(24)19(10,7-14(22)11-2-3-25-8-11)15(20)6-12(21)5-13(20)17(23)27-16/h2-3,5,8,12,14-16,18,21-22,24H,1,4,6-7,9H2/t12-,14+,15-,16-,18+,19-,20+/m1/s1. The molecule has 5 rings (SSSR count). The van der Waals surface area contributed by atoms with E-state index in [0.717, 1.165) is 0 Å². The zero-order valence-electron chi connectivity index (χ0n) is 14.7. The Bertz CT molecular complexity index is 827. The molecule has 0 amide bonds. The molecule has 2 bridgehead atoms. The normalized spacial score (nSPS) is 43.7. The fourth-order valence-electron chi connectivity index (χ4n) is 5.84. The summed E-state index contributed by atoms with van der Waals surface area (Å²) in [4.78, 5) is 12.5. The molecule has 3 heterocycles. The van der Waals surface area contributed by atoms with Crippen molar-refractivity contribution in [3.63, 3.8) is 0 Å². The molecule has 0 unspecified atom stereocenters. The van der Waals surface area contributed by atoms with E-state index in [2.05, 4.69) is 6.58 Å². The SMILES string of the molecule is C=C1C[C@H]2OC(=O)C3=C[C@@H](O)C[C@H]4[C@]32CO[C@H](O)[C@]14C[C@H](O)c1ccoc1. The number of furan rings is 1. The van der Waals surface area contributed by atoms with Crippen LogP contribution in [0.15, 0.2) is 46.8 Å². The monoisotopic (exact) mass is 374 g/mol. The van der Waals surface area contributed by atoms with Gasteiger partial charge in [0, 0.05) is 23.0 Å². The maximum atomic E-state index is 12.5. The van der Waals surface area contributed by atoms with Crippen LogP contribution in [0, 0.1) is 16.7 Å². The predicted molar refractivity (Wildman–Crippen MR) is 90.9 cm³/mol. The number of ether oxygens (including phenoxy) is 2. The van der Waals surface area contributed by atoms with E-state index in [-0.39, 0.29) is 18.9 Å². The summed E-state index contributed by atoms with van der Waals surface area (Å²) in [7, 11) is 0.